The summed E-state index contributed by atoms with van der Waals surface area (Å²) >= 11 is 0. The third-order valence-electron chi connectivity index (χ3n) is 3.91. The van der Waals surface area contributed by atoms with Crippen LogP contribution in [0.15, 0.2) is 18.3 Å². The fourth-order valence-corrected chi connectivity index (χ4v) is 2.88. The number of pyridine rings is 1. The van der Waals surface area contributed by atoms with Crippen molar-refractivity contribution in [3.05, 3.63) is 23.9 Å². The van der Waals surface area contributed by atoms with Gasteiger partial charge in [-0.3, -0.25) is 0 Å². The van der Waals surface area contributed by atoms with Crippen LogP contribution in [0.2, 0.25) is 0 Å². The summed E-state index contributed by atoms with van der Waals surface area (Å²) < 4.78 is 0. The standard InChI is InChI=1S/C16H27N3O/c1-13(2)18-12-14-6-3-9-17-16(14)19-10-4-7-15(19)8-5-11-20/h3,6,9,13,15,18,20H,4-5,7-8,10-12H2,1-2H3. The molecule has 1 aliphatic heterocycles. The van der Waals surface area contributed by atoms with E-state index >= 15 is 0 Å². The zero-order valence-corrected chi connectivity index (χ0v) is 12.7. The first-order valence-electron chi connectivity index (χ1n) is 7.77. The molecule has 0 aromatic carbocycles. The Hall–Kier alpha value is -1.13. The van der Waals surface area contributed by atoms with Crippen LogP contribution >= 0.6 is 0 Å². The van der Waals surface area contributed by atoms with Crippen LogP contribution in [-0.2, 0) is 6.54 Å². The van der Waals surface area contributed by atoms with E-state index in [2.05, 4.69) is 35.1 Å². The van der Waals surface area contributed by atoms with Gasteiger partial charge in [-0.05, 0) is 31.7 Å². The molecule has 1 aliphatic rings. The van der Waals surface area contributed by atoms with E-state index < -0.39 is 0 Å². The minimum Gasteiger partial charge on any atom is -0.396 e. The van der Waals surface area contributed by atoms with Crippen molar-refractivity contribution in [3.8, 4) is 0 Å². The lowest BCUT2D eigenvalue weighted by Crippen LogP contribution is -2.32. The summed E-state index contributed by atoms with van der Waals surface area (Å²) in [6, 6.07) is 5.19. The first-order valence-corrected chi connectivity index (χ1v) is 7.77. The molecular formula is C16H27N3O. The molecule has 112 valence electrons. The van der Waals surface area contributed by atoms with Gasteiger partial charge in [0.25, 0.3) is 0 Å². The predicted octanol–water partition coefficient (Wildman–Crippen LogP) is 2.32. The lowest BCUT2D eigenvalue weighted by molar-refractivity contribution is 0.279. The highest BCUT2D eigenvalue weighted by atomic mass is 16.2. The van der Waals surface area contributed by atoms with Crippen LogP contribution in [0.3, 0.4) is 0 Å². The molecule has 0 radical (unpaired) electrons. The summed E-state index contributed by atoms with van der Waals surface area (Å²) in [5.41, 5.74) is 1.28. The molecule has 4 nitrogen and oxygen atoms in total. The van der Waals surface area contributed by atoms with E-state index in [0.717, 1.165) is 31.7 Å². The third-order valence-corrected chi connectivity index (χ3v) is 3.91. The molecule has 0 bridgehead atoms. The van der Waals surface area contributed by atoms with Crippen molar-refractivity contribution in [3.63, 3.8) is 0 Å². The molecule has 2 rings (SSSR count). The fourth-order valence-electron chi connectivity index (χ4n) is 2.88. The smallest absolute Gasteiger partial charge is 0.133 e. The number of nitrogens with zero attached hydrogens (tertiary/aromatic N) is 2. The summed E-state index contributed by atoms with van der Waals surface area (Å²) in [6.45, 7) is 6.56. The van der Waals surface area contributed by atoms with Crippen LogP contribution in [0.5, 0.6) is 0 Å². The predicted molar refractivity (Wildman–Crippen MR) is 82.9 cm³/mol. The SMILES string of the molecule is CC(C)NCc1cccnc1N1CCCC1CCCO. The number of rotatable bonds is 7. The van der Waals surface area contributed by atoms with Crippen molar-refractivity contribution in [2.45, 2.75) is 58.2 Å². The average Bonchev–Trinajstić information content (AvgIpc) is 2.91. The van der Waals surface area contributed by atoms with E-state index in [9.17, 15) is 0 Å². The maximum atomic E-state index is 9.04. The van der Waals surface area contributed by atoms with Crippen molar-refractivity contribution in [1.82, 2.24) is 10.3 Å². The Kier molecular flexibility index (Phi) is 5.80. The quantitative estimate of drug-likeness (QED) is 0.803. The molecule has 1 fully saturated rings. The first kappa shape index (κ1) is 15.3. The van der Waals surface area contributed by atoms with E-state index in [-0.39, 0.29) is 6.61 Å². The zero-order chi connectivity index (χ0) is 14.4. The van der Waals surface area contributed by atoms with E-state index in [1.54, 1.807) is 0 Å². The van der Waals surface area contributed by atoms with E-state index in [1.807, 2.05) is 12.3 Å². The molecule has 1 aromatic heterocycles. The molecule has 1 saturated heterocycles. The number of aliphatic hydroxyl groups is 1. The molecule has 1 atom stereocenters. The number of aromatic nitrogens is 1. The number of nitrogens with one attached hydrogen (secondary N) is 1. The van der Waals surface area contributed by atoms with Crippen LogP contribution < -0.4 is 10.2 Å². The normalized spacial score (nSPS) is 19.0. The number of aliphatic hydroxyl groups excluding tert-OH is 1. The van der Waals surface area contributed by atoms with Gasteiger partial charge < -0.3 is 15.3 Å². The summed E-state index contributed by atoms with van der Waals surface area (Å²) in [5.74, 6) is 1.13. The van der Waals surface area contributed by atoms with Crippen LogP contribution in [-0.4, -0.2) is 35.3 Å². The highest BCUT2D eigenvalue weighted by Crippen LogP contribution is 2.29. The molecule has 0 spiro atoms. The molecule has 0 amide bonds. The highest BCUT2D eigenvalue weighted by molar-refractivity contribution is 5.48. The molecule has 4 heteroatoms. The molecular weight excluding hydrogens is 250 g/mol. The van der Waals surface area contributed by atoms with Gasteiger partial charge in [0.15, 0.2) is 0 Å². The van der Waals surface area contributed by atoms with Crippen LogP contribution in [0.4, 0.5) is 5.82 Å². The Bertz CT molecular complexity index is 408. The second-order valence-electron chi connectivity index (χ2n) is 5.88. The molecule has 0 saturated carbocycles. The van der Waals surface area contributed by atoms with Gasteiger partial charge in [0.05, 0.1) is 0 Å². The number of anilines is 1. The van der Waals surface area contributed by atoms with Gasteiger partial charge in [-0.2, -0.15) is 0 Å². The van der Waals surface area contributed by atoms with Gasteiger partial charge in [-0.15, -0.1) is 0 Å². The largest absolute Gasteiger partial charge is 0.396 e. The Labute approximate surface area is 122 Å². The van der Waals surface area contributed by atoms with Gasteiger partial charge in [0.2, 0.25) is 0 Å². The van der Waals surface area contributed by atoms with E-state index in [4.69, 9.17) is 5.11 Å². The van der Waals surface area contributed by atoms with Crippen molar-refractivity contribution in [1.29, 1.82) is 0 Å². The molecule has 1 aromatic rings. The first-order chi connectivity index (χ1) is 9.72. The van der Waals surface area contributed by atoms with Gasteiger partial charge in [0, 0.05) is 43.5 Å². The summed E-state index contributed by atoms with van der Waals surface area (Å²) in [7, 11) is 0. The molecule has 0 aliphatic carbocycles. The number of hydrogen-bond donors (Lipinski definition) is 2. The van der Waals surface area contributed by atoms with Crippen molar-refractivity contribution >= 4 is 5.82 Å². The summed E-state index contributed by atoms with van der Waals surface area (Å²) in [6.07, 6.45) is 6.27. The lowest BCUT2D eigenvalue weighted by atomic mass is 10.1. The maximum Gasteiger partial charge on any atom is 0.133 e. The van der Waals surface area contributed by atoms with Gasteiger partial charge >= 0.3 is 0 Å². The van der Waals surface area contributed by atoms with E-state index in [1.165, 1.54) is 18.4 Å². The Balaban J connectivity index is 2.10. The summed E-state index contributed by atoms with van der Waals surface area (Å²) in [4.78, 5) is 7.06. The van der Waals surface area contributed by atoms with Gasteiger partial charge in [-0.1, -0.05) is 19.9 Å². The maximum absolute atomic E-state index is 9.04. The van der Waals surface area contributed by atoms with Crippen LogP contribution in [0.25, 0.3) is 0 Å². The molecule has 2 heterocycles. The molecule has 2 N–H and O–H groups in total. The van der Waals surface area contributed by atoms with Gasteiger partial charge in [-0.25, -0.2) is 4.98 Å². The van der Waals surface area contributed by atoms with Crippen molar-refractivity contribution in [2.24, 2.45) is 0 Å². The second kappa shape index (κ2) is 7.60. The molecule has 20 heavy (non-hydrogen) atoms. The number of hydrogen-bond acceptors (Lipinski definition) is 4. The Morgan fingerprint density at radius 1 is 1.50 bits per heavy atom. The van der Waals surface area contributed by atoms with Crippen LogP contribution in [0.1, 0.15) is 45.1 Å². The average molecular weight is 277 g/mol. The Morgan fingerprint density at radius 2 is 2.35 bits per heavy atom. The minimum atomic E-state index is 0.286. The minimum absolute atomic E-state index is 0.286. The molecule has 1 unspecified atom stereocenters. The van der Waals surface area contributed by atoms with Crippen molar-refractivity contribution < 1.29 is 5.11 Å². The highest BCUT2D eigenvalue weighted by Gasteiger charge is 2.26. The zero-order valence-electron chi connectivity index (χ0n) is 12.7. The fraction of sp³-hybridized carbons (Fsp3) is 0.688. The topological polar surface area (TPSA) is 48.4 Å². The van der Waals surface area contributed by atoms with Gasteiger partial charge in [0.1, 0.15) is 5.82 Å². The van der Waals surface area contributed by atoms with Crippen molar-refractivity contribution in [2.75, 3.05) is 18.1 Å². The Morgan fingerprint density at radius 3 is 3.10 bits per heavy atom. The summed E-state index contributed by atoms with van der Waals surface area (Å²) in [5, 5.41) is 12.5. The van der Waals surface area contributed by atoms with Crippen LogP contribution in [0, 0.1) is 0 Å². The second-order valence-corrected chi connectivity index (χ2v) is 5.88. The third kappa shape index (κ3) is 3.93. The lowest BCUT2D eigenvalue weighted by Gasteiger charge is -2.28. The monoisotopic (exact) mass is 277 g/mol. The van der Waals surface area contributed by atoms with E-state index in [0.29, 0.717) is 12.1 Å².